The molecular weight excluding hydrogens is 945 g/mol. The number of primary amides is 1. The van der Waals surface area contributed by atoms with Gasteiger partial charge in [0.15, 0.2) is 0 Å². The quantitative estimate of drug-likeness (QED) is 0.0566. The molecule has 2 fully saturated rings. The van der Waals surface area contributed by atoms with E-state index < -0.39 is 70.8 Å². The number of aliphatic hydroxyl groups excluding tert-OH is 1. The van der Waals surface area contributed by atoms with Gasteiger partial charge in [0, 0.05) is 17.9 Å². The number of urea groups is 1. The first-order chi connectivity index (χ1) is 35.0. The largest absolute Gasteiger partial charge is 0.508 e. The monoisotopic (exact) mass is 1020 g/mol. The van der Waals surface area contributed by atoms with Crippen molar-refractivity contribution >= 4 is 53.0 Å². The second-order valence-electron chi connectivity index (χ2n) is 22.5. The smallest absolute Gasteiger partial charge is 0.408 e. The number of aromatic hydroxyl groups is 1. The number of ether oxygens (including phenoxy) is 1. The van der Waals surface area contributed by atoms with Crippen LogP contribution in [0.5, 0.6) is 5.75 Å². The van der Waals surface area contributed by atoms with Gasteiger partial charge in [-0.2, -0.15) is 0 Å². The maximum Gasteiger partial charge on any atom is 0.408 e. The number of rotatable bonds is 17. The Labute approximate surface area is 433 Å². The van der Waals surface area contributed by atoms with E-state index >= 15 is 0 Å². The fraction of sp³-hybridized carbons (Fsp3) is 0.554. The number of hydrogen-bond donors (Lipinski definition) is 10. The lowest BCUT2D eigenvalue weighted by molar-refractivity contribution is -0.150. The summed E-state index contributed by atoms with van der Waals surface area (Å²) in [7, 11) is 0. The van der Waals surface area contributed by atoms with Crippen molar-refractivity contribution in [3.8, 4) is 5.75 Å². The molecular formula is C56H76N8O10. The minimum Gasteiger partial charge on any atom is -0.508 e. The van der Waals surface area contributed by atoms with E-state index in [1.54, 1.807) is 50.2 Å². The van der Waals surface area contributed by atoms with E-state index in [2.05, 4.69) is 45.7 Å². The van der Waals surface area contributed by atoms with E-state index in [1.165, 1.54) is 5.56 Å². The first kappa shape index (κ1) is 55.2. The molecule has 3 aromatic carbocycles. The van der Waals surface area contributed by atoms with Crippen LogP contribution in [0.4, 0.5) is 21.0 Å². The van der Waals surface area contributed by atoms with Crippen LogP contribution in [0, 0.1) is 28.6 Å². The van der Waals surface area contributed by atoms with Gasteiger partial charge in [0.25, 0.3) is 0 Å². The fourth-order valence-electron chi connectivity index (χ4n) is 12.9. The molecule has 3 unspecified atom stereocenters. The number of phenolic OH excluding ortho intramolecular Hbond substituents is 1. The molecule has 4 aliphatic carbocycles. The molecule has 400 valence electrons. The molecule has 0 radical (unpaired) electrons. The number of aliphatic hydroxyl groups is 1. The van der Waals surface area contributed by atoms with Crippen LogP contribution in [-0.4, -0.2) is 83.2 Å². The Bertz CT molecular complexity index is 2630. The summed E-state index contributed by atoms with van der Waals surface area (Å²) in [5, 5.41) is 36.9. The third-order valence-corrected chi connectivity index (χ3v) is 17.2. The number of hydrogen-bond acceptors (Lipinski definition) is 11. The van der Waals surface area contributed by atoms with Crippen molar-refractivity contribution in [2.75, 3.05) is 23.8 Å². The van der Waals surface area contributed by atoms with Crippen molar-refractivity contribution in [1.82, 2.24) is 21.3 Å². The van der Waals surface area contributed by atoms with Gasteiger partial charge in [-0.05, 0) is 157 Å². The number of carbonyl (C=O) groups is 7. The molecule has 18 heteroatoms. The van der Waals surface area contributed by atoms with Crippen LogP contribution < -0.4 is 43.4 Å². The van der Waals surface area contributed by atoms with Gasteiger partial charge in [0.05, 0.1) is 23.5 Å². The summed E-state index contributed by atoms with van der Waals surface area (Å²) in [5.74, 6) is -2.17. The van der Waals surface area contributed by atoms with Gasteiger partial charge in [0.2, 0.25) is 29.5 Å². The number of amides is 8. The number of anilines is 2. The molecule has 0 saturated heterocycles. The first-order valence-electron chi connectivity index (χ1n) is 26.2. The SMILES string of the molecule is CC(C)C(N)C(=O)NC(CCCNC(N)=O)C(=O)Nc1ccc(COC(=O)NC(CO)C(=O)Nc2ccc3c(c2)[C@@]2(C)CCC[C@](C)(C(=O)NC(=O)[C@@]4(C)CCC[C@]5(C)c6cc(O)ccc6CC[C@@H]45)[C@@H]2CC3)cc1. The topological polar surface area (TPSA) is 293 Å². The van der Waals surface area contributed by atoms with Gasteiger partial charge in [-0.1, -0.05) is 78.6 Å². The maximum absolute atomic E-state index is 14.7. The number of aryl methyl sites for hydroxylation is 2. The van der Waals surface area contributed by atoms with Crippen LogP contribution in [0.2, 0.25) is 0 Å². The van der Waals surface area contributed by atoms with Gasteiger partial charge < -0.3 is 53.0 Å². The molecule has 4 aliphatic rings. The summed E-state index contributed by atoms with van der Waals surface area (Å²) in [6, 6.07) is 13.9. The first-order valence-corrected chi connectivity index (χ1v) is 26.2. The minimum absolute atomic E-state index is 0.00165. The van der Waals surface area contributed by atoms with Crippen molar-refractivity contribution in [3.63, 3.8) is 0 Å². The van der Waals surface area contributed by atoms with Crippen molar-refractivity contribution in [2.24, 2.45) is 40.1 Å². The normalized spacial score (nSPS) is 26.0. The predicted octanol–water partition coefficient (Wildman–Crippen LogP) is 5.84. The molecule has 0 heterocycles. The number of fused-ring (bicyclic) bond motifs is 6. The molecule has 0 aromatic heterocycles. The summed E-state index contributed by atoms with van der Waals surface area (Å²) < 4.78 is 5.38. The zero-order valence-electron chi connectivity index (χ0n) is 43.7. The molecule has 0 bridgehead atoms. The fourth-order valence-corrected chi connectivity index (χ4v) is 12.9. The van der Waals surface area contributed by atoms with Crippen molar-refractivity contribution in [2.45, 2.75) is 154 Å². The lowest BCUT2D eigenvalue weighted by atomic mass is 9.49. The van der Waals surface area contributed by atoms with E-state index in [0.717, 1.165) is 61.6 Å². The number of phenols is 1. The highest BCUT2D eigenvalue weighted by molar-refractivity contribution is 6.01. The van der Waals surface area contributed by atoms with Crippen LogP contribution in [0.1, 0.15) is 134 Å². The summed E-state index contributed by atoms with van der Waals surface area (Å²) in [5.41, 5.74) is 14.6. The molecule has 18 nitrogen and oxygen atoms in total. The highest BCUT2D eigenvalue weighted by Gasteiger charge is 2.58. The molecule has 8 amide bonds. The second kappa shape index (κ2) is 22.5. The molecule has 0 aliphatic heterocycles. The van der Waals surface area contributed by atoms with Crippen molar-refractivity contribution < 1.29 is 48.5 Å². The van der Waals surface area contributed by atoms with Crippen LogP contribution in [0.25, 0.3) is 0 Å². The summed E-state index contributed by atoms with van der Waals surface area (Å²) in [6.45, 7) is 11.3. The molecule has 3 aromatic rings. The molecule has 9 atom stereocenters. The average molecular weight is 1020 g/mol. The van der Waals surface area contributed by atoms with Crippen molar-refractivity contribution in [3.05, 3.63) is 88.5 Å². The van der Waals surface area contributed by atoms with Gasteiger partial charge in [-0.15, -0.1) is 0 Å². The highest BCUT2D eigenvalue weighted by Crippen LogP contribution is 2.60. The lowest BCUT2D eigenvalue weighted by Gasteiger charge is -2.56. The van der Waals surface area contributed by atoms with E-state index in [1.807, 2.05) is 38.1 Å². The Kier molecular flexibility index (Phi) is 16.8. The predicted molar refractivity (Wildman–Crippen MR) is 279 cm³/mol. The summed E-state index contributed by atoms with van der Waals surface area (Å²) in [4.78, 5) is 92.9. The van der Waals surface area contributed by atoms with E-state index in [0.29, 0.717) is 42.6 Å². The number of benzene rings is 3. The Balaban J connectivity index is 0.941. The number of nitrogens with two attached hydrogens (primary N) is 2. The van der Waals surface area contributed by atoms with E-state index in [9.17, 15) is 43.8 Å². The van der Waals surface area contributed by atoms with Crippen LogP contribution in [-0.2, 0) is 59.0 Å². The minimum atomic E-state index is -1.35. The van der Waals surface area contributed by atoms with E-state index in [-0.39, 0.29) is 60.3 Å². The van der Waals surface area contributed by atoms with Gasteiger partial charge in [-0.25, -0.2) is 9.59 Å². The average Bonchev–Trinajstić information content (AvgIpc) is 3.35. The molecule has 74 heavy (non-hydrogen) atoms. The van der Waals surface area contributed by atoms with Gasteiger partial charge in [-0.3, -0.25) is 29.3 Å². The molecule has 2 saturated carbocycles. The molecule has 12 N–H and O–H groups in total. The van der Waals surface area contributed by atoms with Crippen molar-refractivity contribution in [1.29, 1.82) is 0 Å². The maximum atomic E-state index is 14.7. The van der Waals surface area contributed by atoms with E-state index in [4.69, 9.17) is 16.2 Å². The summed E-state index contributed by atoms with van der Waals surface area (Å²) >= 11 is 0. The zero-order valence-corrected chi connectivity index (χ0v) is 43.7. The third kappa shape index (κ3) is 11.6. The van der Waals surface area contributed by atoms with Crippen LogP contribution in [0.3, 0.4) is 0 Å². The highest BCUT2D eigenvalue weighted by atomic mass is 16.5. The molecule has 7 rings (SSSR count). The zero-order chi connectivity index (χ0) is 53.8. The second-order valence-corrected chi connectivity index (χ2v) is 22.5. The number of nitrogens with one attached hydrogen (secondary N) is 6. The number of imide groups is 1. The third-order valence-electron chi connectivity index (χ3n) is 17.2. The van der Waals surface area contributed by atoms with Crippen LogP contribution in [0.15, 0.2) is 60.7 Å². The number of alkyl carbamates (subject to hydrolysis) is 1. The van der Waals surface area contributed by atoms with Gasteiger partial charge >= 0.3 is 12.1 Å². The Hall–Kier alpha value is -6.53. The Morgan fingerprint density at radius 2 is 1.24 bits per heavy atom. The van der Waals surface area contributed by atoms with Crippen LogP contribution >= 0.6 is 0 Å². The summed E-state index contributed by atoms with van der Waals surface area (Å²) in [6.07, 6.45) is 7.31. The van der Waals surface area contributed by atoms with Gasteiger partial charge in [0.1, 0.15) is 24.4 Å². The Morgan fingerprint density at radius 1 is 0.703 bits per heavy atom. The Morgan fingerprint density at radius 3 is 1.81 bits per heavy atom. The lowest BCUT2D eigenvalue weighted by Crippen LogP contribution is -2.60. The molecule has 0 spiro atoms. The number of carbonyl (C=O) groups excluding carboxylic acids is 7. The standard InChI is InChI=1S/C56H76N8O10/c1-32(2)45(57)48(69)62-41(10-7-27-59-51(58)72)46(67)60-36-17-11-33(12-18-36)31-74-52(73)63-42(30-65)47(68)61-37-19-13-34-15-21-43-53(3,39(34)28-37)23-8-25-55(43,5)49(70)64-50(71)56(6)26-9-24-54(4)40-29-38(66)20-14-35(40)16-22-44(54)56/h11-14,17-20,28-29,32,41-45,65-66H,7-10,15-16,21-27,30-31,57H2,1-6H3,(H,60,67)(H,61,68)(H,62,69)(H,63,73)(H3,58,59,72)(H,64,70,71)/t41?,42?,43-,44-,45?,53-,54-,55+,56+/m1/s1.